The van der Waals surface area contributed by atoms with Crippen molar-refractivity contribution in [3.63, 3.8) is 0 Å². The summed E-state index contributed by atoms with van der Waals surface area (Å²) < 4.78 is 0. The highest BCUT2D eigenvalue weighted by Crippen LogP contribution is 2.28. The molecule has 0 bridgehead atoms. The smallest absolute Gasteiger partial charge is 0.232 e. The van der Waals surface area contributed by atoms with E-state index in [1.807, 2.05) is 60.7 Å². The van der Waals surface area contributed by atoms with Crippen LogP contribution in [0.15, 0.2) is 78.9 Å². The second-order valence-electron chi connectivity index (χ2n) is 7.37. The molecule has 0 saturated heterocycles. The molecule has 136 valence electrons. The van der Waals surface area contributed by atoms with Crippen LogP contribution < -0.4 is 5.32 Å². The van der Waals surface area contributed by atoms with E-state index >= 15 is 0 Å². The fourth-order valence-corrected chi connectivity index (χ4v) is 4.03. The summed E-state index contributed by atoms with van der Waals surface area (Å²) in [6.07, 6.45) is 3.57. The molecule has 1 aliphatic rings. The van der Waals surface area contributed by atoms with Gasteiger partial charge in [0.05, 0.1) is 12.0 Å². The van der Waals surface area contributed by atoms with Gasteiger partial charge in [0.15, 0.2) is 0 Å². The van der Waals surface area contributed by atoms with Crippen molar-refractivity contribution >= 4 is 5.91 Å². The Morgan fingerprint density at radius 1 is 0.778 bits per heavy atom. The molecule has 4 rings (SSSR count). The fourth-order valence-electron chi connectivity index (χ4n) is 4.03. The van der Waals surface area contributed by atoms with Crippen LogP contribution in [0.1, 0.15) is 53.1 Å². The molecule has 0 unspecified atom stereocenters. The average molecular weight is 355 g/mol. The predicted molar refractivity (Wildman–Crippen MR) is 110 cm³/mol. The average Bonchev–Trinajstić information content (AvgIpc) is 3.17. The summed E-state index contributed by atoms with van der Waals surface area (Å²) in [7, 11) is 0. The number of nitrogens with one attached hydrogen (secondary N) is 1. The number of benzene rings is 3. The number of amides is 1. The van der Waals surface area contributed by atoms with Crippen molar-refractivity contribution in [2.45, 2.75) is 38.1 Å². The summed E-state index contributed by atoms with van der Waals surface area (Å²) in [5, 5.41) is 3.25. The Morgan fingerprint density at radius 2 is 1.37 bits per heavy atom. The van der Waals surface area contributed by atoms with Crippen molar-refractivity contribution < 1.29 is 4.79 Å². The number of hydrogen-bond acceptors (Lipinski definition) is 1. The van der Waals surface area contributed by atoms with Crippen LogP contribution in [-0.2, 0) is 17.6 Å². The topological polar surface area (TPSA) is 29.1 Å². The SMILES string of the molecule is C[C@@H](NC(=O)C(c1ccccc1)c1ccccc1)c1ccc2c(c1)CCC2. The zero-order chi connectivity index (χ0) is 18.6. The normalized spacial score (nSPS) is 14.0. The highest BCUT2D eigenvalue weighted by Gasteiger charge is 2.24. The molecular formula is C25H25NO. The summed E-state index contributed by atoms with van der Waals surface area (Å²) in [6, 6.07) is 26.7. The van der Waals surface area contributed by atoms with Crippen molar-refractivity contribution in [2.24, 2.45) is 0 Å². The number of fused-ring (bicyclic) bond motifs is 1. The molecule has 2 nitrogen and oxygen atoms in total. The highest BCUT2D eigenvalue weighted by atomic mass is 16.1. The van der Waals surface area contributed by atoms with Gasteiger partial charge in [-0.25, -0.2) is 0 Å². The Labute approximate surface area is 161 Å². The molecule has 1 N–H and O–H groups in total. The molecule has 0 aliphatic heterocycles. The molecule has 0 spiro atoms. The first-order chi connectivity index (χ1) is 13.2. The minimum atomic E-state index is -0.302. The van der Waals surface area contributed by atoms with Gasteiger partial charge in [0.1, 0.15) is 0 Å². The van der Waals surface area contributed by atoms with E-state index in [0.717, 1.165) is 17.5 Å². The van der Waals surface area contributed by atoms with E-state index in [-0.39, 0.29) is 17.9 Å². The number of carbonyl (C=O) groups is 1. The monoisotopic (exact) mass is 355 g/mol. The van der Waals surface area contributed by atoms with Gasteiger partial charge < -0.3 is 5.32 Å². The van der Waals surface area contributed by atoms with Gasteiger partial charge >= 0.3 is 0 Å². The van der Waals surface area contributed by atoms with E-state index < -0.39 is 0 Å². The van der Waals surface area contributed by atoms with Crippen LogP contribution in [0.5, 0.6) is 0 Å². The Balaban J connectivity index is 1.58. The van der Waals surface area contributed by atoms with Crippen molar-refractivity contribution in [1.29, 1.82) is 0 Å². The lowest BCUT2D eigenvalue weighted by Crippen LogP contribution is -2.32. The molecule has 1 amide bonds. The molecule has 27 heavy (non-hydrogen) atoms. The van der Waals surface area contributed by atoms with Gasteiger partial charge in [-0.15, -0.1) is 0 Å². The Bertz CT molecular complexity index is 878. The maximum atomic E-state index is 13.3. The van der Waals surface area contributed by atoms with E-state index in [9.17, 15) is 4.79 Å². The van der Waals surface area contributed by atoms with Crippen LogP contribution in [0.4, 0.5) is 0 Å². The van der Waals surface area contributed by atoms with Crippen LogP contribution >= 0.6 is 0 Å². The molecule has 1 aliphatic carbocycles. The molecule has 2 heteroatoms. The summed E-state index contributed by atoms with van der Waals surface area (Å²) in [5.74, 6) is -0.260. The minimum absolute atomic E-state index is 0.0154. The number of hydrogen-bond donors (Lipinski definition) is 1. The lowest BCUT2D eigenvalue weighted by Gasteiger charge is -2.22. The van der Waals surface area contributed by atoms with Crippen molar-refractivity contribution in [3.05, 3.63) is 107 Å². The largest absolute Gasteiger partial charge is 0.349 e. The van der Waals surface area contributed by atoms with Crippen molar-refractivity contribution in [3.8, 4) is 0 Å². The second-order valence-corrected chi connectivity index (χ2v) is 7.37. The van der Waals surface area contributed by atoms with Gasteiger partial charge in [-0.3, -0.25) is 4.79 Å². The van der Waals surface area contributed by atoms with Gasteiger partial charge in [0.2, 0.25) is 5.91 Å². The molecule has 3 aromatic rings. The Kier molecular flexibility index (Phi) is 5.06. The maximum absolute atomic E-state index is 13.3. The fraction of sp³-hybridized carbons (Fsp3) is 0.240. The number of rotatable bonds is 5. The number of aryl methyl sites for hydroxylation is 2. The van der Waals surface area contributed by atoms with Gasteiger partial charge in [-0.1, -0.05) is 78.9 Å². The zero-order valence-electron chi connectivity index (χ0n) is 15.7. The quantitative estimate of drug-likeness (QED) is 0.671. The molecule has 0 aromatic heterocycles. The van der Waals surface area contributed by atoms with Crippen molar-refractivity contribution in [2.75, 3.05) is 0 Å². The zero-order valence-corrected chi connectivity index (χ0v) is 15.7. The minimum Gasteiger partial charge on any atom is -0.349 e. The third-order valence-electron chi connectivity index (χ3n) is 5.51. The van der Waals surface area contributed by atoms with Gasteiger partial charge in [-0.05, 0) is 54.0 Å². The standard InChI is InChI=1S/C25H25NO/c1-18(22-16-15-19-13-8-14-23(19)17-22)26-25(27)24(20-9-4-2-5-10-20)21-11-6-3-7-12-21/h2-7,9-12,15-18,24H,8,13-14H2,1H3,(H,26,27)/t18-/m1/s1. The molecule has 1 atom stereocenters. The van der Waals surface area contributed by atoms with E-state index in [1.54, 1.807) is 0 Å². The first-order valence-electron chi connectivity index (χ1n) is 9.74. The van der Waals surface area contributed by atoms with Crippen LogP contribution in [0, 0.1) is 0 Å². The summed E-state index contributed by atoms with van der Waals surface area (Å²) >= 11 is 0. The van der Waals surface area contributed by atoms with Crippen LogP contribution in [-0.4, -0.2) is 5.91 Å². The first kappa shape index (κ1) is 17.5. The summed E-state index contributed by atoms with van der Waals surface area (Å²) in [4.78, 5) is 13.3. The van der Waals surface area contributed by atoms with Crippen LogP contribution in [0.25, 0.3) is 0 Å². The van der Waals surface area contributed by atoms with E-state index in [2.05, 4.69) is 30.4 Å². The Hall–Kier alpha value is -2.87. The van der Waals surface area contributed by atoms with Crippen LogP contribution in [0.2, 0.25) is 0 Å². The molecule has 0 radical (unpaired) electrons. The molecular weight excluding hydrogens is 330 g/mol. The molecule has 0 saturated carbocycles. The Morgan fingerprint density at radius 3 is 2.00 bits per heavy atom. The second kappa shape index (κ2) is 7.79. The number of carbonyl (C=O) groups excluding carboxylic acids is 1. The lowest BCUT2D eigenvalue weighted by molar-refractivity contribution is -0.122. The van der Waals surface area contributed by atoms with Gasteiger partial charge in [-0.2, -0.15) is 0 Å². The van der Waals surface area contributed by atoms with E-state index in [4.69, 9.17) is 0 Å². The maximum Gasteiger partial charge on any atom is 0.232 e. The summed E-state index contributed by atoms with van der Waals surface area (Å²) in [6.45, 7) is 2.07. The summed E-state index contributed by atoms with van der Waals surface area (Å²) in [5.41, 5.74) is 6.12. The van der Waals surface area contributed by atoms with E-state index in [1.165, 1.54) is 29.5 Å². The molecule has 0 fully saturated rings. The third kappa shape index (κ3) is 3.80. The van der Waals surface area contributed by atoms with Crippen LogP contribution in [0.3, 0.4) is 0 Å². The van der Waals surface area contributed by atoms with Gasteiger partial charge in [0, 0.05) is 0 Å². The first-order valence-corrected chi connectivity index (χ1v) is 9.74. The highest BCUT2D eigenvalue weighted by molar-refractivity contribution is 5.87. The third-order valence-corrected chi connectivity index (χ3v) is 5.51. The molecule has 3 aromatic carbocycles. The molecule has 0 heterocycles. The lowest BCUT2D eigenvalue weighted by atomic mass is 9.90. The van der Waals surface area contributed by atoms with Crippen molar-refractivity contribution in [1.82, 2.24) is 5.32 Å². The predicted octanol–water partition coefficient (Wildman–Crippen LogP) is 5.18. The van der Waals surface area contributed by atoms with Gasteiger partial charge in [0.25, 0.3) is 0 Å². The van der Waals surface area contributed by atoms with E-state index in [0.29, 0.717) is 0 Å².